The van der Waals surface area contributed by atoms with Crippen LogP contribution in [0.5, 0.6) is 0 Å². The lowest BCUT2D eigenvalue weighted by Crippen LogP contribution is -2.46. The van der Waals surface area contributed by atoms with Gasteiger partial charge < -0.3 is 14.4 Å². The molecular formula is C15H18ClNO4. The summed E-state index contributed by atoms with van der Waals surface area (Å²) in [5, 5.41) is 0.618. The van der Waals surface area contributed by atoms with Crippen LogP contribution >= 0.6 is 11.6 Å². The van der Waals surface area contributed by atoms with Crippen molar-refractivity contribution in [1.82, 2.24) is 4.90 Å². The van der Waals surface area contributed by atoms with Crippen LogP contribution in [-0.2, 0) is 25.5 Å². The van der Waals surface area contributed by atoms with E-state index >= 15 is 0 Å². The molecule has 0 saturated carbocycles. The molecule has 114 valence electrons. The van der Waals surface area contributed by atoms with Crippen molar-refractivity contribution < 1.29 is 19.1 Å². The fourth-order valence-electron chi connectivity index (χ4n) is 2.27. The van der Waals surface area contributed by atoms with Gasteiger partial charge in [-0.25, -0.2) is 0 Å². The van der Waals surface area contributed by atoms with Gasteiger partial charge in [0, 0.05) is 18.1 Å². The molecule has 6 heteroatoms. The molecule has 0 aromatic heterocycles. The van der Waals surface area contributed by atoms with Gasteiger partial charge in [-0.15, -0.1) is 0 Å². The highest BCUT2D eigenvalue weighted by Gasteiger charge is 2.32. The normalized spacial score (nSPS) is 16.4. The molecule has 0 spiro atoms. The summed E-state index contributed by atoms with van der Waals surface area (Å²) in [6, 6.07) is 7.10. The molecule has 5 nitrogen and oxygen atoms in total. The first-order valence-electron chi connectivity index (χ1n) is 6.80. The highest BCUT2D eigenvalue weighted by atomic mass is 35.5. The number of halogens is 1. The Balaban J connectivity index is 2.11. The van der Waals surface area contributed by atoms with E-state index in [0.29, 0.717) is 37.7 Å². The zero-order valence-electron chi connectivity index (χ0n) is 11.9. The van der Waals surface area contributed by atoms with E-state index in [1.54, 1.807) is 17.0 Å². The van der Waals surface area contributed by atoms with Gasteiger partial charge >= 0.3 is 5.97 Å². The summed E-state index contributed by atoms with van der Waals surface area (Å²) in [4.78, 5) is 26.1. The van der Waals surface area contributed by atoms with Crippen molar-refractivity contribution in [3.05, 3.63) is 34.9 Å². The van der Waals surface area contributed by atoms with Crippen LogP contribution in [-0.4, -0.2) is 50.2 Å². The lowest BCUT2D eigenvalue weighted by Gasteiger charge is -2.29. The van der Waals surface area contributed by atoms with Gasteiger partial charge in [-0.05, 0) is 24.1 Å². The Morgan fingerprint density at radius 3 is 2.48 bits per heavy atom. The maximum absolute atomic E-state index is 12.5. The van der Waals surface area contributed by atoms with Crippen molar-refractivity contribution >= 4 is 23.5 Å². The number of nitrogens with zero attached hydrogens (tertiary/aromatic N) is 1. The van der Waals surface area contributed by atoms with E-state index in [9.17, 15) is 9.59 Å². The zero-order valence-corrected chi connectivity index (χ0v) is 12.6. The molecule has 0 N–H and O–H groups in total. The first kappa shape index (κ1) is 15.8. The second kappa shape index (κ2) is 7.43. The number of benzene rings is 1. The number of hydrogen-bond donors (Lipinski definition) is 0. The van der Waals surface area contributed by atoms with Crippen LogP contribution in [0.4, 0.5) is 0 Å². The number of esters is 1. The highest BCUT2D eigenvalue weighted by Crippen LogP contribution is 2.17. The van der Waals surface area contributed by atoms with Gasteiger partial charge in [-0.2, -0.15) is 0 Å². The van der Waals surface area contributed by atoms with Crippen molar-refractivity contribution in [2.45, 2.75) is 6.42 Å². The lowest BCUT2D eigenvalue weighted by atomic mass is 9.97. The van der Waals surface area contributed by atoms with Crippen LogP contribution in [0.2, 0.25) is 5.02 Å². The molecule has 1 fully saturated rings. The van der Waals surface area contributed by atoms with Crippen molar-refractivity contribution in [2.24, 2.45) is 5.92 Å². The Kier molecular flexibility index (Phi) is 5.59. The maximum atomic E-state index is 12.5. The number of carbonyl (C=O) groups excluding carboxylic acids is 2. The van der Waals surface area contributed by atoms with Gasteiger partial charge in [0.25, 0.3) is 0 Å². The minimum absolute atomic E-state index is 0.208. The zero-order chi connectivity index (χ0) is 15.2. The second-order valence-corrected chi connectivity index (χ2v) is 5.28. The van der Waals surface area contributed by atoms with Gasteiger partial charge in [0.05, 0.1) is 20.3 Å². The van der Waals surface area contributed by atoms with Crippen LogP contribution in [0.3, 0.4) is 0 Å². The van der Waals surface area contributed by atoms with E-state index in [-0.39, 0.29) is 5.91 Å². The average Bonchev–Trinajstić information content (AvgIpc) is 2.54. The Morgan fingerprint density at radius 1 is 1.29 bits per heavy atom. The molecular weight excluding hydrogens is 294 g/mol. The summed E-state index contributed by atoms with van der Waals surface area (Å²) >= 11 is 5.84. The summed E-state index contributed by atoms with van der Waals surface area (Å²) in [6.45, 7) is 2.01. The predicted molar refractivity (Wildman–Crippen MR) is 78.1 cm³/mol. The molecule has 1 aromatic rings. The lowest BCUT2D eigenvalue weighted by molar-refractivity contribution is -0.155. The summed E-state index contributed by atoms with van der Waals surface area (Å²) in [7, 11) is 1.30. The predicted octanol–water partition coefficient (Wildman–Crippen LogP) is 1.53. The first-order valence-corrected chi connectivity index (χ1v) is 7.18. The third-order valence-electron chi connectivity index (χ3n) is 3.46. The number of methoxy groups -OCH3 is 1. The summed E-state index contributed by atoms with van der Waals surface area (Å²) in [5.74, 6) is -1.55. The Bertz CT molecular complexity index is 497. The standard InChI is InChI=1S/C15H18ClNO4/c1-20-15(19)13(10-11-2-4-12(16)5-3-11)14(18)17-6-8-21-9-7-17/h2-5,13H,6-10H2,1H3. The number of carbonyl (C=O) groups is 2. The quantitative estimate of drug-likeness (QED) is 0.625. The van der Waals surface area contributed by atoms with Crippen molar-refractivity contribution in [3.63, 3.8) is 0 Å². The Labute approximate surface area is 128 Å². The molecule has 1 aliphatic heterocycles. The van der Waals surface area contributed by atoms with Crippen LogP contribution in [0.25, 0.3) is 0 Å². The fraction of sp³-hybridized carbons (Fsp3) is 0.467. The third kappa shape index (κ3) is 4.19. The van der Waals surface area contributed by atoms with Gasteiger partial charge in [0.1, 0.15) is 5.92 Å². The molecule has 21 heavy (non-hydrogen) atoms. The number of rotatable bonds is 4. The molecule has 1 unspecified atom stereocenters. The monoisotopic (exact) mass is 311 g/mol. The molecule has 0 aliphatic carbocycles. The summed E-state index contributed by atoms with van der Waals surface area (Å²) in [6.07, 6.45) is 0.306. The van der Waals surface area contributed by atoms with Gasteiger partial charge in [-0.3, -0.25) is 9.59 Å². The average molecular weight is 312 g/mol. The topological polar surface area (TPSA) is 55.8 Å². The molecule has 1 aromatic carbocycles. The van der Waals surface area contributed by atoms with E-state index in [4.69, 9.17) is 21.1 Å². The van der Waals surface area contributed by atoms with Crippen molar-refractivity contribution in [2.75, 3.05) is 33.4 Å². The van der Waals surface area contributed by atoms with Crippen molar-refractivity contribution in [1.29, 1.82) is 0 Å². The van der Waals surface area contributed by atoms with Crippen LogP contribution in [0.1, 0.15) is 5.56 Å². The van der Waals surface area contributed by atoms with Crippen LogP contribution in [0.15, 0.2) is 24.3 Å². The molecule has 1 heterocycles. The van der Waals surface area contributed by atoms with E-state index < -0.39 is 11.9 Å². The second-order valence-electron chi connectivity index (χ2n) is 4.84. The van der Waals surface area contributed by atoms with Crippen LogP contribution in [0, 0.1) is 5.92 Å². The first-order chi connectivity index (χ1) is 10.1. The highest BCUT2D eigenvalue weighted by molar-refractivity contribution is 6.30. The SMILES string of the molecule is COC(=O)C(Cc1ccc(Cl)cc1)C(=O)N1CCOCC1. The molecule has 1 saturated heterocycles. The summed E-state index contributed by atoms with van der Waals surface area (Å²) in [5.41, 5.74) is 0.872. The van der Waals surface area contributed by atoms with Crippen LogP contribution < -0.4 is 0 Å². The minimum Gasteiger partial charge on any atom is -0.468 e. The number of amides is 1. The van der Waals surface area contributed by atoms with E-state index in [1.807, 2.05) is 12.1 Å². The van der Waals surface area contributed by atoms with Gasteiger partial charge in [0.15, 0.2) is 0 Å². The fourth-order valence-corrected chi connectivity index (χ4v) is 2.40. The maximum Gasteiger partial charge on any atom is 0.318 e. The largest absolute Gasteiger partial charge is 0.468 e. The molecule has 0 bridgehead atoms. The van der Waals surface area contributed by atoms with Gasteiger partial charge in [0.2, 0.25) is 5.91 Å². The molecule has 1 atom stereocenters. The number of morpholine rings is 1. The number of hydrogen-bond acceptors (Lipinski definition) is 4. The minimum atomic E-state index is -0.825. The van der Waals surface area contributed by atoms with E-state index in [0.717, 1.165) is 5.56 Å². The van der Waals surface area contributed by atoms with Crippen molar-refractivity contribution in [3.8, 4) is 0 Å². The molecule has 1 amide bonds. The third-order valence-corrected chi connectivity index (χ3v) is 3.71. The smallest absolute Gasteiger partial charge is 0.318 e. The van der Waals surface area contributed by atoms with E-state index in [1.165, 1.54) is 7.11 Å². The van der Waals surface area contributed by atoms with E-state index in [2.05, 4.69) is 0 Å². The Hall–Kier alpha value is -1.59. The Morgan fingerprint density at radius 2 is 1.90 bits per heavy atom. The molecule has 1 aliphatic rings. The number of ether oxygens (including phenoxy) is 2. The summed E-state index contributed by atoms with van der Waals surface area (Å²) < 4.78 is 10.00. The molecule has 2 rings (SSSR count). The molecule has 0 radical (unpaired) electrons. The van der Waals surface area contributed by atoms with Gasteiger partial charge in [-0.1, -0.05) is 23.7 Å².